The summed E-state index contributed by atoms with van der Waals surface area (Å²) in [7, 11) is 20.8. The molecule has 3 aliphatic rings. The van der Waals surface area contributed by atoms with Gasteiger partial charge in [0.15, 0.2) is 46.0 Å². The highest BCUT2D eigenvalue weighted by Gasteiger charge is 2.56. The van der Waals surface area contributed by atoms with Crippen LogP contribution in [-0.2, 0) is 24.5 Å². The standard InChI is InChI=1S/C62H60N4O16/c1-69-41-21-31(22-42(70-2)56(41)77-9)51-34-27-50-62(35-28-47(75-7)59(80-12)48(29-35)76-8,54(60(67)81-13)55(61(68)82-14)66(50)30-34)49-20-19-40(65-49)53(33-25-45(73-5)58(79-11)46(26-33)74-6)39-18-17-38(64-39)52(37-16-15-36(51)63-37)32-23-43(71-3)57(78-10)44(24-32)72-4/h15-30,63,65H,1-14H3/b51-36-,52-37-,53-39-. The average molecular weight is 1120 g/mol. The first-order valence-electron chi connectivity index (χ1n) is 25.4. The Hall–Kier alpha value is -10.1. The van der Waals surface area contributed by atoms with Crippen LogP contribution in [0.25, 0.3) is 22.4 Å². The third-order valence-corrected chi connectivity index (χ3v) is 14.8. The molecular formula is C62H60N4O16. The number of carbonyl (C=O) groups excluding carboxylic acids is 2. The van der Waals surface area contributed by atoms with Crippen molar-refractivity contribution >= 4 is 40.1 Å². The molecular weight excluding hydrogens is 1060 g/mol. The molecule has 4 aromatic carbocycles. The monoisotopic (exact) mass is 1120 g/mol. The molecule has 0 spiro atoms. The Kier molecular flexibility index (Phi) is 14.9. The fourth-order valence-corrected chi connectivity index (χ4v) is 11.3. The lowest BCUT2D eigenvalue weighted by Crippen LogP contribution is -2.35. The summed E-state index contributed by atoms with van der Waals surface area (Å²) in [4.78, 5) is 43.0. The Morgan fingerprint density at radius 3 is 1.30 bits per heavy atom. The van der Waals surface area contributed by atoms with Crippen LogP contribution in [0.5, 0.6) is 69.0 Å². The first kappa shape index (κ1) is 55.2. The Morgan fingerprint density at radius 1 is 0.439 bits per heavy atom. The Morgan fingerprint density at radius 2 is 0.866 bits per heavy atom. The molecule has 1 unspecified atom stereocenters. The molecule has 3 aliphatic heterocycles. The maximum absolute atomic E-state index is 15.2. The Bertz CT molecular complexity index is 3900. The van der Waals surface area contributed by atoms with E-state index in [1.54, 1.807) is 44.2 Å². The molecule has 0 saturated heterocycles. The summed E-state index contributed by atoms with van der Waals surface area (Å²) in [5.74, 6) is 2.46. The maximum Gasteiger partial charge on any atom is 0.355 e. The summed E-state index contributed by atoms with van der Waals surface area (Å²) in [6.45, 7) is 0. The van der Waals surface area contributed by atoms with E-state index in [9.17, 15) is 4.79 Å². The van der Waals surface area contributed by atoms with Gasteiger partial charge in [0.1, 0.15) is 11.1 Å². The lowest BCUT2D eigenvalue weighted by atomic mass is 9.69. The van der Waals surface area contributed by atoms with Crippen molar-refractivity contribution in [2.45, 2.75) is 5.41 Å². The molecule has 7 aromatic rings. The molecule has 10 rings (SSSR count). The number of nitrogens with one attached hydrogen (secondary N) is 2. The SMILES string of the molecule is COC(=O)C1=C(C(=O)OC)C2(c3cc(OC)c(OC)c(OC)c3)c3ccc([nH]3)/C(c3cc(OC)c(OC)c(OC)c3)=C3/C=CC(=N3)/C(c3cc(OC)c(OC)c(OC)c3)=c3/cc/c([nH]3)=C(\c3cc(OC)c(OC)c(OC)c3)c3cc2n1c3. The lowest BCUT2D eigenvalue weighted by molar-refractivity contribution is -0.138. The van der Waals surface area contributed by atoms with Gasteiger partial charge in [0.2, 0.25) is 23.0 Å². The number of carbonyl (C=O) groups is 2. The van der Waals surface area contributed by atoms with Gasteiger partial charge in [0.25, 0.3) is 0 Å². The van der Waals surface area contributed by atoms with Gasteiger partial charge in [0.05, 0.1) is 117 Å². The number of fused-ring (bicyclic) bond motifs is 7. The number of methoxy groups -OCH3 is 14. The van der Waals surface area contributed by atoms with Crippen LogP contribution < -0.4 is 67.5 Å². The van der Waals surface area contributed by atoms with E-state index in [4.69, 9.17) is 71.3 Å². The van der Waals surface area contributed by atoms with Gasteiger partial charge in [-0.1, -0.05) is 0 Å². The molecule has 6 heterocycles. The van der Waals surface area contributed by atoms with Crippen LogP contribution in [0.1, 0.15) is 44.9 Å². The zero-order valence-electron chi connectivity index (χ0n) is 47.7. The van der Waals surface area contributed by atoms with E-state index in [0.29, 0.717) is 135 Å². The van der Waals surface area contributed by atoms with Gasteiger partial charge >= 0.3 is 11.9 Å². The number of hydrogen-bond donors (Lipinski definition) is 2. The zero-order valence-corrected chi connectivity index (χ0v) is 47.7. The molecule has 2 N–H and O–H groups in total. The van der Waals surface area contributed by atoms with Crippen LogP contribution in [-0.4, -0.2) is 132 Å². The molecule has 0 radical (unpaired) electrons. The maximum atomic E-state index is 15.2. The van der Waals surface area contributed by atoms with Crippen LogP contribution in [0.15, 0.2) is 113 Å². The van der Waals surface area contributed by atoms with Crippen molar-refractivity contribution in [3.05, 3.63) is 164 Å². The summed E-state index contributed by atoms with van der Waals surface area (Å²) in [5.41, 5.74) is 4.82. The van der Waals surface area contributed by atoms with Crippen molar-refractivity contribution in [3.8, 4) is 69.0 Å². The summed E-state index contributed by atoms with van der Waals surface area (Å²) in [5, 5.41) is 1.20. The summed E-state index contributed by atoms with van der Waals surface area (Å²) in [6.07, 6.45) is 5.59. The van der Waals surface area contributed by atoms with Crippen LogP contribution >= 0.6 is 0 Å². The lowest BCUT2D eigenvalue weighted by Gasteiger charge is -2.32. The minimum absolute atomic E-state index is 0.101. The molecule has 0 aliphatic carbocycles. The number of aliphatic imine (C=N–C) groups is 1. The van der Waals surface area contributed by atoms with Crippen molar-refractivity contribution in [1.82, 2.24) is 14.5 Å². The minimum atomic E-state index is -1.81. The predicted octanol–water partition coefficient (Wildman–Crippen LogP) is 7.38. The molecule has 82 heavy (non-hydrogen) atoms. The number of aromatic nitrogens is 3. The second-order valence-corrected chi connectivity index (χ2v) is 18.5. The molecule has 0 amide bonds. The van der Waals surface area contributed by atoms with Gasteiger partial charge in [-0.2, -0.15) is 0 Å². The number of allylic oxidation sites excluding steroid dienone is 2. The summed E-state index contributed by atoms with van der Waals surface area (Å²) >= 11 is 0. The number of benzene rings is 4. The Labute approximate surface area is 471 Å². The largest absolute Gasteiger partial charge is 0.493 e. The van der Waals surface area contributed by atoms with E-state index < -0.39 is 17.4 Å². The third kappa shape index (κ3) is 8.56. The van der Waals surface area contributed by atoms with E-state index in [1.165, 1.54) is 78.2 Å². The van der Waals surface area contributed by atoms with Crippen molar-refractivity contribution < 1.29 is 75.9 Å². The molecule has 8 bridgehead atoms. The van der Waals surface area contributed by atoms with Gasteiger partial charge in [-0.15, -0.1) is 0 Å². The molecule has 0 fully saturated rings. The highest BCUT2D eigenvalue weighted by atomic mass is 16.6. The second-order valence-electron chi connectivity index (χ2n) is 18.5. The van der Waals surface area contributed by atoms with E-state index in [2.05, 4.69) is 9.97 Å². The van der Waals surface area contributed by atoms with E-state index in [0.717, 1.165) is 0 Å². The van der Waals surface area contributed by atoms with Gasteiger partial charge in [-0.3, -0.25) is 0 Å². The minimum Gasteiger partial charge on any atom is -0.493 e. The van der Waals surface area contributed by atoms with Crippen molar-refractivity contribution in [2.24, 2.45) is 4.99 Å². The van der Waals surface area contributed by atoms with Crippen LogP contribution in [0.2, 0.25) is 0 Å². The second kappa shape index (κ2) is 22.2. The smallest absolute Gasteiger partial charge is 0.355 e. The summed E-state index contributed by atoms with van der Waals surface area (Å²) in [6, 6.07) is 24.0. The van der Waals surface area contributed by atoms with Crippen LogP contribution in [0.4, 0.5) is 0 Å². The number of rotatable bonds is 18. The fourth-order valence-electron chi connectivity index (χ4n) is 11.3. The van der Waals surface area contributed by atoms with Gasteiger partial charge < -0.3 is 80.9 Å². The topological polar surface area (TPSA) is 212 Å². The first-order chi connectivity index (χ1) is 39.8. The van der Waals surface area contributed by atoms with Gasteiger partial charge in [-0.05, 0) is 113 Å². The molecule has 1 atom stereocenters. The average Bonchev–Trinajstić information content (AvgIpc) is 1.77. The molecule has 3 aromatic heterocycles. The van der Waals surface area contributed by atoms with E-state index in [-0.39, 0.29) is 28.5 Å². The first-order valence-corrected chi connectivity index (χ1v) is 25.4. The van der Waals surface area contributed by atoms with Crippen molar-refractivity contribution in [3.63, 3.8) is 0 Å². The molecule has 0 saturated carbocycles. The third-order valence-electron chi connectivity index (χ3n) is 14.8. The highest BCUT2D eigenvalue weighted by molar-refractivity contribution is 6.30. The number of nitrogens with zero attached hydrogens (tertiary/aromatic N) is 2. The molecule has 20 heteroatoms. The normalized spacial score (nSPS) is 17.2. The van der Waals surface area contributed by atoms with E-state index in [1.807, 2.05) is 78.9 Å². The number of esters is 2. The summed E-state index contributed by atoms with van der Waals surface area (Å²) < 4.78 is 84.0. The number of ether oxygens (including phenoxy) is 14. The zero-order chi connectivity index (χ0) is 58.3. The molecule has 20 nitrogen and oxygen atoms in total. The van der Waals surface area contributed by atoms with Gasteiger partial charge in [-0.25, -0.2) is 14.6 Å². The van der Waals surface area contributed by atoms with Crippen LogP contribution in [0, 0.1) is 0 Å². The van der Waals surface area contributed by atoms with E-state index >= 15 is 4.79 Å². The molecule has 424 valence electrons. The predicted molar refractivity (Wildman–Crippen MR) is 304 cm³/mol. The quantitative estimate of drug-likeness (QED) is 0.0803. The van der Waals surface area contributed by atoms with Crippen molar-refractivity contribution in [1.29, 1.82) is 0 Å². The number of hydrogen-bond acceptors (Lipinski definition) is 17. The number of H-pyrrole nitrogens is 2. The highest BCUT2D eigenvalue weighted by Crippen LogP contribution is 2.57. The number of aromatic amines is 2. The van der Waals surface area contributed by atoms with Gasteiger partial charge in [0, 0.05) is 56.3 Å². The Balaban J connectivity index is 1.48. The fraction of sp³-hybridized carbons (Fsp3) is 0.242. The van der Waals surface area contributed by atoms with Crippen molar-refractivity contribution in [2.75, 3.05) is 99.5 Å². The van der Waals surface area contributed by atoms with Crippen LogP contribution in [0.3, 0.4) is 0 Å².